The number of nitrogens with zero attached hydrogens (tertiary/aromatic N) is 1. The quantitative estimate of drug-likeness (QED) is 0.623. The first kappa shape index (κ1) is 12.5. The highest BCUT2D eigenvalue weighted by atomic mass is 127. The second kappa shape index (κ2) is 6.12. The average Bonchev–Trinajstić information content (AvgIpc) is 2.20. The van der Waals surface area contributed by atoms with E-state index in [4.69, 9.17) is 21.1 Å². The number of ether oxygens (including phenoxy) is 2. The van der Waals surface area contributed by atoms with Gasteiger partial charge in [-0.15, -0.1) is 0 Å². The molecule has 15 heavy (non-hydrogen) atoms. The molecule has 1 aromatic heterocycles. The van der Waals surface area contributed by atoms with Crippen LogP contribution in [0.3, 0.4) is 0 Å². The van der Waals surface area contributed by atoms with E-state index in [-0.39, 0.29) is 6.61 Å². The molecule has 1 aromatic rings. The Morgan fingerprint density at radius 3 is 3.00 bits per heavy atom. The topological polar surface area (TPSA) is 48.4 Å². The lowest BCUT2D eigenvalue weighted by Gasteiger charge is -2.05. The fraction of sp³-hybridized carbons (Fsp3) is 0.333. The van der Waals surface area contributed by atoms with E-state index in [2.05, 4.69) is 27.6 Å². The van der Waals surface area contributed by atoms with Gasteiger partial charge < -0.3 is 9.47 Å². The van der Waals surface area contributed by atoms with Crippen molar-refractivity contribution in [3.8, 4) is 5.88 Å². The summed E-state index contributed by atoms with van der Waals surface area (Å²) in [5.74, 6) is -0.0545. The predicted octanol–water partition coefficient (Wildman–Crippen LogP) is 2.28. The minimum Gasteiger partial charge on any atom is -0.466 e. The van der Waals surface area contributed by atoms with E-state index < -0.39 is 5.97 Å². The minimum atomic E-state index is -0.413. The summed E-state index contributed by atoms with van der Waals surface area (Å²) in [6.07, 6.45) is 1.48. The van der Waals surface area contributed by atoms with Gasteiger partial charge in [0.25, 0.3) is 0 Å². The second-order valence-electron chi connectivity index (χ2n) is 2.53. The Morgan fingerprint density at radius 2 is 2.40 bits per heavy atom. The molecule has 0 radical (unpaired) electrons. The molecule has 6 heteroatoms. The van der Waals surface area contributed by atoms with Crippen LogP contribution in [0.5, 0.6) is 5.88 Å². The molecule has 0 aliphatic carbocycles. The lowest BCUT2D eigenvalue weighted by molar-refractivity contribution is -0.145. The molecule has 0 amide bonds. The van der Waals surface area contributed by atoms with E-state index in [1.807, 2.05) is 0 Å². The first-order valence-electron chi connectivity index (χ1n) is 4.23. The fourth-order valence-electron chi connectivity index (χ4n) is 0.811. The van der Waals surface area contributed by atoms with Crippen molar-refractivity contribution in [2.45, 2.75) is 6.92 Å². The standard InChI is InChI=1S/C9H9ClINO3/c1-2-14-9(13)5-15-8-3-7(11)6(10)4-12-8/h3-4H,2,5H2,1H3. The summed E-state index contributed by atoms with van der Waals surface area (Å²) < 4.78 is 10.6. The number of carbonyl (C=O) groups is 1. The van der Waals surface area contributed by atoms with E-state index in [0.717, 1.165) is 3.57 Å². The predicted molar refractivity (Wildman–Crippen MR) is 64.1 cm³/mol. The zero-order valence-electron chi connectivity index (χ0n) is 8.00. The molecule has 0 bridgehead atoms. The fourth-order valence-corrected chi connectivity index (χ4v) is 1.32. The van der Waals surface area contributed by atoms with E-state index in [1.54, 1.807) is 13.0 Å². The van der Waals surface area contributed by atoms with Crippen molar-refractivity contribution in [2.75, 3.05) is 13.2 Å². The third-order valence-electron chi connectivity index (χ3n) is 1.43. The Bertz CT molecular complexity index is 359. The summed E-state index contributed by atoms with van der Waals surface area (Å²) in [6.45, 7) is 1.94. The molecular formula is C9H9ClINO3. The van der Waals surface area contributed by atoms with Gasteiger partial charge in [0, 0.05) is 9.64 Å². The summed E-state index contributed by atoms with van der Waals surface area (Å²) in [5, 5.41) is 0.555. The summed E-state index contributed by atoms with van der Waals surface area (Å²) in [5.41, 5.74) is 0. The highest BCUT2D eigenvalue weighted by Crippen LogP contribution is 2.20. The van der Waals surface area contributed by atoms with Crippen LogP contribution in [0.4, 0.5) is 0 Å². The molecule has 82 valence electrons. The van der Waals surface area contributed by atoms with Crippen molar-refractivity contribution in [1.29, 1.82) is 0 Å². The van der Waals surface area contributed by atoms with Crippen LogP contribution >= 0.6 is 34.2 Å². The summed E-state index contributed by atoms with van der Waals surface area (Å²) in [6, 6.07) is 1.65. The van der Waals surface area contributed by atoms with Gasteiger partial charge in [0.05, 0.1) is 17.8 Å². The maximum atomic E-state index is 11.0. The molecule has 0 spiro atoms. The van der Waals surface area contributed by atoms with Crippen LogP contribution in [0.25, 0.3) is 0 Å². The van der Waals surface area contributed by atoms with Crippen LogP contribution < -0.4 is 4.74 Å². The number of hydrogen-bond donors (Lipinski definition) is 0. The molecule has 1 heterocycles. The van der Waals surface area contributed by atoms with Gasteiger partial charge in [-0.3, -0.25) is 0 Å². The molecule has 4 nitrogen and oxygen atoms in total. The van der Waals surface area contributed by atoms with Crippen LogP contribution in [0.15, 0.2) is 12.3 Å². The lowest BCUT2D eigenvalue weighted by Crippen LogP contribution is -2.15. The zero-order chi connectivity index (χ0) is 11.3. The summed E-state index contributed by atoms with van der Waals surface area (Å²) in [7, 11) is 0. The van der Waals surface area contributed by atoms with Crippen molar-refractivity contribution >= 4 is 40.2 Å². The SMILES string of the molecule is CCOC(=O)COc1cc(I)c(Cl)cn1. The van der Waals surface area contributed by atoms with Crippen LogP contribution in [0.2, 0.25) is 5.02 Å². The number of carbonyl (C=O) groups excluding carboxylic acids is 1. The largest absolute Gasteiger partial charge is 0.466 e. The van der Waals surface area contributed by atoms with E-state index in [0.29, 0.717) is 17.5 Å². The Hall–Kier alpha value is -0.560. The zero-order valence-corrected chi connectivity index (χ0v) is 10.9. The molecule has 0 aliphatic heterocycles. The van der Waals surface area contributed by atoms with Gasteiger partial charge in [-0.25, -0.2) is 9.78 Å². The van der Waals surface area contributed by atoms with Crippen LogP contribution in [-0.4, -0.2) is 24.2 Å². The molecule has 0 unspecified atom stereocenters. The van der Waals surface area contributed by atoms with Gasteiger partial charge in [0.2, 0.25) is 5.88 Å². The number of pyridine rings is 1. The third-order valence-corrected chi connectivity index (χ3v) is 2.94. The Kier molecular flexibility index (Phi) is 5.10. The Labute approximate surface area is 106 Å². The van der Waals surface area contributed by atoms with E-state index >= 15 is 0 Å². The highest BCUT2D eigenvalue weighted by molar-refractivity contribution is 14.1. The molecule has 0 fully saturated rings. The number of aromatic nitrogens is 1. The molecular weight excluding hydrogens is 332 g/mol. The van der Waals surface area contributed by atoms with Gasteiger partial charge in [0.1, 0.15) is 0 Å². The number of rotatable bonds is 4. The average molecular weight is 342 g/mol. The summed E-state index contributed by atoms with van der Waals surface area (Å²) >= 11 is 7.83. The van der Waals surface area contributed by atoms with Gasteiger partial charge >= 0.3 is 5.97 Å². The second-order valence-corrected chi connectivity index (χ2v) is 4.10. The van der Waals surface area contributed by atoms with Gasteiger partial charge in [-0.1, -0.05) is 11.6 Å². The Morgan fingerprint density at radius 1 is 1.67 bits per heavy atom. The molecule has 0 N–H and O–H groups in total. The highest BCUT2D eigenvalue weighted by Gasteiger charge is 2.05. The molecule has 1 rings (SSSR count). The van der Waals surface area contributed by atoms with Crippen molar-refractivity contribution in [3.05, 3.63) is 20.9 Å². The molecule has 0 atom stereocenters. The van der Waals surface area contributed by atoms with Crippen molar-refractivity contribution in [1.82, 2.24) is 4.98 Å². The van der Waals surface area contributed by atoms with Crippen LogP contribution in [-0.2, 0) is 9.53 Å². The maximum Gasteiger partial charge on any atom is 0.344 e. The van der Waals surface area contributed by atoms with Crippen LogP contribution in [0, 0.1) is 3.57 Å². The van der Waals surface area contributed by atoms with Crippen molar-refractivity contribution in [2.24, 2.45) is 0 Å². The Balaban J connectivity index is 2.51. The number of hydrogen-bond acceptors (Lipinski definition) is 4. The van der Waals surface area contributed by atoms with E-state index in [1.165, 1.54) is 6.20 Å². The monoisotopic (exact) mass is 341 g/mol. The molecule has 0 aliphatic rings. The number of esters is 1. The molecule has 0 saturated carbocycles. The van der Waals surface area contributed by atoms with Gasteiger partial charge in [0.15, 0.2) is 6.61 Å². The lowest BCUT2D eigenvalue weighted by atomic mass is 10.5. The van der Waals surface area contributed by atoms with Crippen LogP contribution in [0.1, 0.15) is 6.92 Å². The molecule has 0 aromatic carbocycles. The van der Waals surface area contributed by atoms with Gasteiger partial charge in [-0.05, 0) is 29.5 Å². The summed E-state index contributed by atoms with van der Waals surface area (Å²) in [4.78, 5) is 14.9. The maximum absolute atomic E-state index is 11.0. The minimum absolute atomic E-state index is 0.140. The first-order valence-corrected chi connectivity index (χ1v) is 5.68. The van der Waals surface area contributed by atoms with Crippen molar-refractivity contribution in [3.63, 3.8) is 0 Å². The number of halogens is 2. The smallest absolute Gasteiger partial charge is 0.344 e. The molecule has 0 saturated heterocycles. The third kappa shape index (κ3) is 4.21. The van der Waals surface area contributed by atoms with Crippen molar-refractivity contribution < 1.29 is 14.3 Å². The van der Waals surface area contributed by atoms with Gasteiger partial charge in [-0.2, -0.15) is 0 Å². The normalized spacial score (nSPS) is 9.80. The van der Waals surface area contributed by atoms with E-state index in [9.17, 15) is 4.79 Å². The first-order chi connectivity index (χ1) is 7.13.